The van der Waals surface area contributed by atoms with E-state index in [9.17, 15) is 4.79 Å². The van der Waals surface area contributed by atoms with Gasteiger partial charge in [-0.2, -0.15) is 0 Å². The van der Waals surface area contributed by atoms with Crippen LogP contribution in [0.1, 0.15) is 19.8 Å². The third-order valence-electron chi connectivity index (χ3n) is 1.43. The van der Waals surface area contributed by atoms with Crippen molar-refractivity contribution in [1.82, 2.24) is 0 Å². The second-order valence-electron chi connectivity index (χ2n) is 2.41. The van der Waals surface area contributed by atoms with Crippen LogP contribution in [0.25, 0.3) is 0 Å². The molecule has 1 atom stereocenters. The highest BCUT2D eigenvalue weighted by Crippen LogP contribution is 2.07. The molecule has 1 unspecified atom stereocenters. The molecular formula is C8H13ClO3. The third kappa shape index (κ3) is 4.36. The summed E-state index contributed by atoms with van der Waals surface area (Å²) in [5.74, 6) is -0.544. The summed E-state index contributed by atoms with van der Waals surface area (Å²) in [6.45, 7) is 5.29. The summed E-state index contributed by atoms with van der Waals surface area (Å²) < 4.78 is 4.46. The van der Waals surface area contributed by atoms with Crippen LogP contribution in [0, 0.1) is 0 Å². The van der Waals surface area contributed by atoms with Crippen LogP contribution in [0.4, 0.5) is 0 Å². The molecule has 0 radical (unpaired) electrons. The number of alkyl halides is 1. The van der Waals surface area contributed by atoms with Crippen molar-refractivity contribution < 1.29 is 14.6 Å². The van der Waals surface area contributed by atoms with Crippen LogP contribution in [0.5, 0.6) is 0 Å². The molecule has 0 aliphatic carbocycles. The van der Waals surface area contributed by atoms with Gasteiger partial charge in [0.1, 0.15) is 0 Å². The molecule has 4 heteroatoms. The van der Waals surface area contributed by atoms with E-state index < -0.39 is 12.1 Å². The van der Waals surface area contributed by atoms with Gasteiger partial charge in [-0.15, -0.1) is 0 Å². The molecule has 0 saturated carbocycles. The van der Waals surface area contributed by atoms with Crippen molar-refractivity contribution in [1.29, 1.82) is 0 Å². The van der Waals surface area contributed by atoms with Crippen molar-refractivity contribution in [3.63, 3.8) is 0 Å². The van der Waals surface area contributed by atoms with E-state index in [2.05, 4.69) is 11.3 Å². The molecule has 70 valence electrons. The van der Waals surface area contributed by atoms with Crippen molar-refractivity contribution in [2.75, 3.05) is 6.07 Å². The zero-order valence-corrected chi connectivity index (χ0v) is 7.80. The van der Waals surface area contributed by atoms with Gasteiger partial charge in [0.25, 0.3) is 0 Å². The highest BCUT2D eigenvalue weighted by Gasteiger charge is 2.11. The van der Waals surface area contributed by atoms with Gasteiger partial charge in [-0.1, -0.05) is 25.1 Å². The summed E-state index contributed by atoms with van der Waals surface area (Å²) in [7, 11) is 0. The first-order valence-electron chi connectivity index (χ1n) is 3.70. The van der Waals surface area contributed by atoms with Gasteiger partial charge in [-0.3, -0.25) is 0 Å². The minimum absolute atomic E-state index is 0.180. The first kappa shape index (κ1) is 11.5. The smallest absolute Gasteiger partial charge is 0.334 e. The SMILES string of the molecule is C=C(CC(O)CC)C(=O)OCCl. The highest BCUT2D eigenvalue weighted by molar-refractivity contribution is 6.17. The molecule has 0 aliphatic heterocycles. The van der Waals surface area contributed by atoms with Crippen molar-refractivity contribution in [3.05, 3.63) is 12.2 Å². The zero-order valence-electron chi connectivity index (χ0n) is 7.05. The largest absolute Gasteiger partial charge is 0.446 e. The molecule has 12 heavy (non-hydrogen) atoms. The molecule has 0 fully saturated rings. The first-order valence-corrected chi connectivity index (χ1v) is 4.24. The monoisotopic (exact) mass is 192 g/mol. The van der Waals surface area contributed by atoms with Gasteiger partial charge >= 0.3 is 5.97 Å². The molecule has 0 bridgehead atoms. The lowest BCUT2D eigenvalue weighted by Crippen LogP contribution is -2.12. The Balaban J connectivity index is 3.79. The third-order valence-corrected chi connectivity index (χ3v) is 1.54. The number of hydrogen-bond acceptors (Lipinski definition) is 3. The number of ether oxygens (including phenoxy) is 1. The van der Waals surface area contributed by atoms with Crippen LogP contribution < -0.4 is 0 Å². The Morgan fingerprint density at radius 1 is 1.75 bits per heavy atom. The highest BCUT2D eigenvalue weighted by atomic mass is 35.5. The Bertz CT molecular complexity index is 168. The number of rotatable bonds is 5. The minimum atomic E-state index is -0.544. The van der Waals surface area contributed by atoms with Gasteiger partial charge in [0.15, 0.2) is 6.07 Å². The Labute approximate surface area is 77.0 Å². The fourth-order valence-corrected chi connectivity index (χ4v) is 0.763. The van der Waals surface area contributed by atoms with Crippen molar-refractivity contribution in [2.24, 2.45) is 0 Å². The van der Waals surface area contributed by atoms with Crippen LogP contribution in [-0.2, 0) is 9.53 Å². The van der Waals surface area contributed by atoms with Gasteiger partial charge in [0.05, 0.1) is 6.10 Å². The maximum atomic E-state index is 10.9. The second kappa shape index (κ2) is 6.03. The van der Waals surface area contributed by atoms with E-state index in [4.69, 9.17) is 16.7 Å². The lowest BCUT2D eigenvalue weighted by Gasteiger charge is -2.08. The predicted molar refractivity (Wildman–Crippen MR) is 46.9 cm³/mol. The van der Waals surface area contributed by atoms with Crippen LogP contribution in [-0.4, -0.2) is 23.2 Å². The molecule has 0 heterocycles. The van der Waals surface area contributed by atoms with Crippen LogP contribution in [0.15, 0.2) is 12.2 Å². The number of esters is 1. The van der Waals surface area contributed by atoms with Gasteiger partial charge in [0, 0.05) is 12.0 Å². The summed E-state index contributed by atoms with van der Waals surface area (Å²) in [5.41, 5.74) is 0.255. The Morgan fingerprint density at radius 3 is 2.75 bits per heavy atom. The standard InChI is InChI=1S/C8H13ClO3/c1-3-7(10)4-6(2)8(11)12-5-9/h7,10H,2-5H2,1H3. The molecule has 0 aliphatic rings. The molecule has 0 aromatic carbocycles. The Kier molecular flexibility index (Phi) is 5.76. The maximum absolute atomic E-state index is 10.9. The normalized spacial score (nSPS) is 12.2. The van der Waals surface area contributed by atoms with Gasteiger partial charge in [-0.05, 0) is 6.42 Å². The predicted octanol–water partition coefficient (Wildman–Crippen LogP) is 1.44. The van der Waals surface area contributed by atoms with E-state index in [1.165, 1.54) is 0 Å². The number of halogens is 1. The molecule has 3 nitrogen and oxygen atoms in total. The first-order chi connectivity index (χ1) is 5.61. The summed E-state index contributed by atoms with van der Waals surface area (Å²) in [5, 5.41) is 9.14. The van der Waals surface area contributed by atoms with E-state index >= 15 is 0 Å². The second-order valence-corrected chi connectivity index (χ2v) is 2.63. The number of aliphatic hydroxyl groups excluding tert-OH is 1. The Morgan fingerprint density at radius 2 is 2.33 bits per heavy atom. The summed E-state index contributed by atoms with van der Waals surface area (Å²) >= 11 is 5.16. The minimum Gasteiger partial charge on any atom is -0.446 e. The van der Waals surface area contributed by atoms with Crippen molar-refractivity contribution in [3.8, 4) is 0 Å². The van der Waals surface area contributed by atoms with Crippen LogP contribution >= 0.6 is 11.6 Å². The fraction of sp³-hybridized carbons (Fsp3) is 0.625. The van der Waals surface area contributed by atoms with Crippen molar-refractivity contribution in [2.45, 2.75) is 25.9 Å². The average Bonchev–Trinajstić information content (AvgIpc) is 2.04. The Hall–Kier alpha value is -0.540. The fourth-order valence-electron chi connectivity index (χ4n) is 0.664. The average molecular weight is 193 g/mol. The molecule has 0 amide bonds. The molecule has 0 aromatic heterocycles. The summed E-state index contributed by atoms with van der Waals surface area (Å²) in [6, 6.07) is -0.180. The molecule has 1 N–H and O–H groups in total. The van der Waals surface area contributed by atoms with E-state index in [1.54, 1.807) is 0 Å². The maximum Gasteiger partial charge on any atom is 0.334 e. The molecule has 0 saturated heterocycles. The molecule has 0 rings (SSSR count). The molecule has 0 aromatic rings. The number of hydrogen-bond donors (Lipinski definition) is 1. The van der Waals surface area contributed by atoms with Crippen LogP contribution in [0.3, 0.4) is 0 Å². The summed E-state index contributed by atoms with van der Waals surface area (Å²) in [6.07, 6.45) is 0.305. The van der Waals surface area contributed by atoms with Gasteiger partial charge in [-0.25, -0.2) is 4.79 Å². The van der Waals surface area contributed by atoms with Crippen LogP contribution in [0.2, 0.25) is 0 Å². The number of carbonyl (C=O) groups excluding carboxylic acids is 1. The quantitative estimate of drug-likeness (QED) is 0.407. The lowest BCUT2D eigenvalue weighted by molar-refractivity contribution is -0.137. The zero-order chi connectivity index (χ0) is 9.56. The lowest BCUT2D eigenvalue weighted by atomic mass is 10.1. The van der Waals surface area contributed by atoms with E-state index in [0.29, 0.717) is 6.42 Å². The number of carbonyl (C=O) groups is 1. The van der Waals surface area contributed by atoms with Gasteiger partial charge in [0.2, 0.25) is 0 Å². The van der Waals surface area contributed by atoms with E-state index in [-0.39, 0.29) is 18.1 Å². The molecular weight excluding hydrogens is 180 g/mol. The van der Waals surface area contributed by atoms with E-state index in [0.717, 1.165) is 0 Å². The van der Waals surface area contributed by atoms with E-state index in [1.807, 2.05) is 6.92 Å². The summed E-state index contributed by atoms with van der Waals surface area (Å²) in [4.78, 5) is 10.9. The number of aliphatic hydroxyl groups is 1. The molecule has 0 spiro atoms. The van der Waals surface area contributed by atoms with Gasteiger partial charge < -0.3 is 9.84 Å². The topological polar surface area (TPSA) is 46.5 Å². The van der Waals surface area contributed by atoms with Crippen molar-refractivity contribution >= 4 is 17.6 Å².